The molecule has 0 aliphatic rings. The zero-order chi connectivity index (χ0) is 18.5. The first-order valence-electron chi connectivity index (χ1n) is 7.93. The van der Waals surface area contributed by atoms with Gasteiger partial charge in [0.15, 0.2) is 11.5 Å². The number of carbonyl (C=O) groups excluding carboxylic acids is 1. The third kappa shape index (κ3) is 3.23. The van der Waals surface area contributed by atoms with Crippen LogP contribution in [0.4, 0.5) is 5.82 Å². The molecule has 7 heteroatoms. The number of anilines is 1. The molecular weight excluding hydrogens is 334 g/mol. The highest BCUT2D eigenvalue weighted by Gasteiger charge is 2.19. The Balaban J connectivity index is 2.02. The normalized spacial score (nSPS) is 10.4. The fraction of sp³-hybridized carbons (Fsp3) is 0.211. The van der Waals surface area contributed by atoms with Crippen LogP contribution in [0.25, 0.3) is 10.9 Å². The third-order valence-electron chi connectivity index (χ3n) is 3.98. The fourth-order valence-corrected chi connectivity index (χ4v) is 2.77. The van der Waals surface area contributed by atoms with Crippen LogP contribution in [0, 0.1) is 0 Å². The molecule has 0 saturated carbocycles. The standard InChI is InChI=1S/C19H19N3O4/c1-24-15-8-14-16(18(26-3)17(15)25-2)21-11-22-19(14)20-9-12-5-4-6-13(7-12)10-23/h4-8,10-11H,9H2,1-3H3,(H,20,21,22). The van der Waals surface area contributed by atoms with Gasteiger partial charge < -0.3 is 19.5 Å². The highest BCUT2D eigenvalue weighted by Crippen LogP contribution is 2.43. The number of nitrogens with zero attached hydrogens (tertiary/aromatic N) is 2. The molecule has 0 aliphatic carbocycles. The SMILES string of the molecule is COc1cc2c(NCc3cccc(C=O)c3)ncnc2c(OC)c1OC. The van der Waals surface area contributed by atoms with E-state index in [1.807, 2.05) is 18.2 Å². The van der Waals surface area contributed by atoms with Crippen molar-refractivity contribution in [2.24, 2.45) is 0 Å². The van der Waals surface area contributed by atoms with Gasteiger partial charge in [0.25, 0.3) is 0 Å². The summed E-state index contributed by atoms with van der Waals surface area (Å²) in [6, 6.07) is 9.18. The summed E-state index contributed by atoms with van der Waals surface area (Å²) in [6.07, 6.45) is 2.28. The van der Waals surface area contributed by atoms with E-state index in [0.717, 1.165) is 17.2 Å². The van der Waals surface area contributed by atoms with Crippen LogP contribution in [0.2, 0.25) is 0 Å². The van der Waals surface area contributed by atoms with Gasteiger partial charge in [-0.25, -0.2) is 9.97 Å². The van der Waals surface area contributed by atoms with Crippen LogP contribution in [0.3, 0.4) is 0 Å². The van der Waals surface area contributed by atoms with E-state index in [1.54, 1.807) is 33.5 Å². The van der Waals surface area contributed by atoms with Crippen molar-refractivity contribution in [1.29, 1.82) is 0 Å². The summed E-state index contributed by atoms with van der Waals surface area (Å²) in [5.41, 5.74) is 2.21. The molecule has 0 aliphatic heterocycles. The van der Waals surface area contributed by atoms with Crippen molar-refractivity contribution < 1.29 is 19.0 Å². The number of carbonyl (C=O) groups is 1. The molecule has 3 aromatic rings. The Morgan fingerprint density at radius 3 is 2.54 bits per heavy atom. The molecule has 1 aromatic heterocycles. The highest BCUT2D eigenvalue weighted by molar-refractivity contribution is 5.96. The minimum atomic E-state index is 0.478. The molecule has 0 fully saturated rings. The van der Waals surface area contributed by atoms with E-state index in [1.165, 1.54) is 6.33 Å². The van der Waals surface area contributed by atoms with Gasteiger partial charge in [0.05, 0.1) is 26.7 Å². The number of fused-ring (bicyclic) bond motifs is 1. The number of methoxy groups -OCH3 is 3. The number of aldehydes is 1. The molecule has 0 bridgehead atoms. The van der Waals surface area contributed by atoms with Crippen LogP contribution in [0.1, 0.15) is 15.9 Å². The lowest BCUT2D eigenvalue weighted by atomic mass is 10.1. The number of benzene rings is 2. The van der Waals surface area contributed by atoms with E-state index in [0.29, 0.717) is 40.7 Å². The summed E-state index contributed by atoms with van der Waals surface area (Å²) in [4.78, 5) is 19.6. The second kappa shape index (κ2) is 7.69. The van der Waals surface area contributed by atoms with Gasteiger partial charge in [-0.1, -0.05) is 18.2 Å². The zero-order valence-corrected chi connectivity index (χ0v) is 14.8. The van der Waals surface area contributed by atoms with Gasteiger partial charge >= 0.3 is 0 Å². The summed E-state index contributed by atoms with van der Waals surface area (Å²) in [7, 11) is 4.66. The Bertz CT molecular complexity index is 943. The number of aromatic nitrogens is 2. The maximum absolute atomic E-state index is 10.9. The molecule has 0 spiro atoms. The van der Waals surface area contributed by atoms with Gasteiger partial charge in [-0.15, -0.1) is 0 Å². The van der Waals surface area contributed by atoms with Gasteiger partial charge in [0, 0.05) is 12.1 Å². The monoisotopic (exact) mass is 353 g/mol. The van der Waals surface area contributed by atoms with E-state index in [4.69, 9.17) is 14.2 Å². The van der Waals surface area contributed by atoms with Gasteiger partial charge in [-0.3, -0.25) is 4.79 Å². The molecule has 3 rings (SSSR count). The van der Waals surface area contributed by atoms with Crippen LogP contribution in [0.15, 0.2) is 36.7 Å². The van der Waals surface area contributed by atoms with Gasteiger partial charge in [-0.05, 0) is 17.7 Å². The summed E-state index contributed by atoms with van der Waals surface area (Å²) >= 11 is 0. The topological polar surface area (TPSA) is 82.6 Å². The summed E-state index contributed by atoms with van der Waals surface area (Å²) in [6.45, 7) is 0.504. The molecule has 134 valence electrons. The van der Waals surface area contributed by atoms with Crippen molar-refractivity contribution in [3.05, 3.63) is 47.8 Å². The third-order valence-corrected chi connectivity index (χ3v) is 3.98. The van der Waals surface area contributed by atoms with Crippen LogP contribution < -0.4 is 19.5 Å². The largest absolute Gasteiger partial charge is 0.493 e. The van der Waals surface area contributed by atoms with Crippen molar-refractivity contribution in [2.45, 2.75) is 6.54 Å². The first kappa shape index (κ1) is 17.5. The minimum Gasteiger partial charge on any atom is -0.493 e. The second-order valence-corrected chi connectivity index (χ2v) is 5.48. The smallest absolute Gasteiger partial charge is 0.205 e. The molecule has 1 N–H and O–H groups in total. The van der Waals surface area contributed by atoms with Crippen molar-refractivity contribution in [2.75, 3.05) is 26.6 Å². The maximum Gasteiger partial charge on any atom is 0.205 e. The summed E-state index contributed by atoms with van der Waals surface area (Å²) in [5.74, 6) is 2.12. The number of nitrogens with one attached hydrogen (secondary N) is 1. The first-order valence-corrected chi connectivity index (χ1v) is 7.93. The number of hydrogen-bond donors (Lipinski definition) is 1. The quantitative estimate of drug-likeness (QED) is 0.654. The van der Waals surface area contributed by atoms with Crippen molar-refractivity contribution >= 4 is 23.0 Å². The molecule has 7 nitrogen and oxygen atoms in total. The van der Waals surface area contributed by atoms with Crippen molar-refractivity contribution in [3.63, 3.8) is 0 Å². The Hall–Kier alpha value is -3.35. The van der Waals surface area contributed by atoms with Gasteiger partial charge in [0.1, 0.15) is 23.9 Å². The lowest BCUT2D eigenvalue weighted by Crippen LogP contribution is -2.04. The molecule has 0 amide bonds. The van der Waals surface area contributed by atoms with Gasteiger partial charge in [-0.2, -0.15) is 0 Å². The lowest BCUT2D eigenvalue weighted by molar-refractivity contribution is 0.112. The van der Waals surface area contributed by atoms with E-state index >= 15 is 0 Å². The first-order chi connectivity index (χ1) is 12.7. The van der Waals surface area contributed by atoms with E-state index < -0.39 is 0 Å². The van der Waals surface area contributed by atoms with Crippen molar-refractivity contribution in [1.82, 2.24) is 9.97 Å². The van der Waals surface area contributed by atoms with Gasteiger partial charge in [0.2, 0.25) is 5.75 Å². The molecule has 0 saturated heterocycles. The molecule has 0 unspecified atom stereocenters. The summed E-state index contributed by atoms with van der Waals surface area (Å²) in [5, 5.41) is 4.02. The number of hydrogen-bond acceptors (Lipinski definition) is 7. The predicted octanol–water partition coefficient (Wildman–Crippen LogP) is 3.08. The van der Waals surface area contributed by atoms with E-state index in [-0.39, 0.29) is 0 Å². The Morgan fingerprint density at radius 2 is 1.85 bits per heavy atom. The highest BCUT2D eigenvalue weighted by atomic mass is 16.5. The zero-order valence-electron chi connectivity index (χ0n) is 14.8. The fourth-order valence-electron chi connectivity index (χ4n) is 2.77. The molecular formula is C19H19N3O4. The molecule has 0 radical (unpaired) electrons. The number of ether oxygens (including phenoxy) is 3. The number of rotatable bonds is 7. The average molecular weight is 353 g/mol. The van der Waals surface area contributed by atoms with E-state index in [9.17, 15) is 4.79 Å². The molecule has 1 heterocycles. The van der Waals surface area contributed by atoms with Crippen LogP contribution in [-0.4, -0.2) is 37.6 Å². The Morgan fingerprint density at radius 1 is 1.04 bits per heavy atom. The van der Waals surface area contributed by atoms with Crippen LogP contribution in [0.5, 0.6) is 17.2 Å². The van der Waals surface area contributed by atoms with Crippen LogP contribution >= 0.6 is 0 Å². The lowest BCUT2D eigenvalue weighted by Gasteiger charge is -2.16. The Kier molecular flexibility index (Phi) is 5.17. The van der Waals surface area contributed by atoms with E-state index in [2.05, 4.69) is 15.3 Å². The average Bonchev–Trinajstić information content (AvgIpc) is 2.70. The summed E-state index contributed by atoms with van der Waals surface area (Å²) < 4.78 is 16.3. The predicted molar refractivity (Wildman–Crippen MR) is 98.4 cm³/mol. The second-order valence-electron chi connectivity index (χ2n) is 5.48. The maximum atomic E-state index is 10.9. The Labute approximate surface area is 150 Å². The van der Waals surface area contributed by atoms with Crippen molar-refractivity contribution in [3.8, 4) is 17.2 Å². The van der Waals surface area contributed by atoms with Crippen LogP contribution in [-0.2, 0) is 6.54 Å². The molecule has 2 aromatic carbocycles. The molecule has 0 atom stereocenters. The molecule has 26 heavy (non-hydrogen) atoms. The minimum absolute atomic E-state index is 0.478.